The third kappa shape index (κ3) is 6.83. The van der Waals surface area contributed by atoms with E-state index in [0.717, 1.165) is 54.8 Å². The lowest BCUT2D eigenvalue weighted by Crippen LogP contribution is -2.46. The number of hydrogen-bond donors (Lipinski definition) is 1. The predicted octanol–water partition coefficient (Wildman–Crippen LogP) is 4.39. The molecule has 1 saturated heterocycles. The zero-order valence-electron chi connectivity index (χ0n) is 21.0. The number of nitrogens with one attached hydrogen (secondary N) is 1. The quantitative estimate of drug-likeness (QED) is 0.355. The van der Waals surface area contributed by atoms with Crippen LogP contribution in [0.2, 0.25) is 0 Å². The van der Waals surface area contributed by atoms with Crippen molar-refractivity contribution in [1.29, 1.82) is 0 Å². The van der Waals surface area contributed by atoms with E-state index in [0.29, 0.717) is 19.4 Å². The molecule has 1 aromatic heterocycles. The summed E-state index contributed by atoms with van der Waals surface area (Å²) in [5.41, 5.74) is 6.78. The molecule has 7 heteroatoms. The van der Waals surface area contributed by atoms with E-state index in [4.69, 9.17) is 0 Å². The van der Waals surface area contributed by atoms with Crippen molar-refractivity contribution in [3.63, 3.8) is 0 Å². The van der Waals surface area contributed by atoms with Crippen LogP contribution >= 0.6 is 11.8 Å². The third-order valence-corrected chi connectivity index (χ3v) is 7.21. The molecule has 0 unspecified atom stereocenters. The van der Waals surface area contributed by atoms with Crippen LogP contribution in [0.5, 0.6) is 0 Å². The van der Waals surface area contributed by atoms with Crippen molar-refractivity contribution in [2.75, 3.05) is 37.3 Å². The number of nitrogens with zero attached hydrogens (tertiary/aromatic N) is 4. The van der Waals surface area contributed by atoms with E-state index in [1.165, 1.54) is 16.8 Å². The van der Waals surface area contributed by atoms with Crippen LogP contribution in [0.3, 0.4) is 0 Å². The summed E-state index contributed by atoms with van der Waals surface area (Å²) in [5, 5.41) is 3.91. The Morgan fingerprint density at radius 2 is 1.54 bits per heavy atom. The van der Waals surface area contributed by atoms with Crippen LogP contribution < -0.4 is 10.2 Å². The van der Waals surface area contributed by atoms with Crippen LogP contribution in [0.25, 0.3) is 0 Å². The zero-order chi connectivity index (χ0) is 24.6. The smallest absolute Gasteiger partial charge is 0.220 e. The number of para-hydroxylation sites is 1. The highest BCUT2D eigenvalue weighted by Gasteiger charge is 2.18. The number of piperazine rings is 1. The third-order valence-electron chi connectivity index (χ3n) is 6.67. The predicted molar refractivity (Wildman–Crippen MR) is 144 cm³/mol. The van der Waals surface area contributed by atoms with E-state index >= 15 is 0 Å². The number of thioether (sulfide) groups is 1. The largest absolute Gasteiger partial charge is 0.369 e. The fourth-order valence-corrected chi connectivity index (χ4v) is 5.07. The number of amides is 1. The number of carbonyl (C=O) groups is 1. The number of rotatable bonds is 9. The fourth-order valence-electron chi connectivity index (χ4n) is 4.61. The molecule has 35 heavy (non-hydrogen) atoms. The normalized spacial score (nSPS) is 14.2. The van der Waals surface area contributed by atoms with Crippen molar-refractivity contribution in [2.24, 2.45) is 0 Å². The van der Waals surface area contributed by atoms with Crippen molar-refractivity contribution >= 4 is 23.4 Å². The summed E-state index contributed by atoms with van der Waals surface area (Å²) in [6, 6.07) is 19.1. The van der Waals surface area contributed by atoms with Gasteiger partial charge in [-0.05, 0) is 55.3 Å². The van der Waals surface area contributed by atoms with Gasteiger partial charge in [0.05, 0.1) is 0 Å². The highest BCUT2D eigenvalue weighted by molar-refractivity contribution is 7.98. The Labute approximate surface area is 213 Å². The van der Waals surface area contributed by atoms with Gasteiger partial charge >= 0.3 is 0 Å². The summed E-state index contributed by atoms with van der Waals surface area (Å²) >= 11 is 1.54. The minimum absolute atomic E-state index is 0.0593. The molecule has 0 aliphatic carbocycles. The number of aromatic nitrogens is 2. The van der Waals surface area contributed by atoms with Crippen molar-refractivity contribution in [1.82, 2.24) is 20.2 Å². The number of benzene rings is 2. The Bertz CT molecular complexity index is 1110. The number of aryl methyl sites for hydroxylation is 2. The van der Waals surface area contributed by atoms with Gasteiger partial charge in [-0.2, -0.15) is 0 Å². The topological polar surface area (TPSA) is 61.4 Å². The van der Waals surface area contributed by atoms with Crippen LogP contribution in [0.15, 0.2) is 59.8 Å². The van der Waals surface area contributed by atoms with Gasteiger partial charge in [-0.3, -0.25) is 9.69 Å². The van der Waals surface area contributed by atoms with Crippen LogP contribution in [-0.2, 0) is 24.3 Å². The van der Waals surface area contributed by atoms with Crippen LogP contribution in [-0.4, -0.2) is 53.2 Å². The second kappa shape index (κ2) is 12.2. The van der Waals surface area contributed by atoms with E-state index in [1.807, 2.05) is 20.1 Å². The molecule has 1 fully saturated rings. The first-order chi connectivity index (χ1) is 17.0. The average molecular weight is 490 g/mol. The molecule has 0 saturated carbocycles. The number of carbonyl (C=O) groups excluding carboxylic acids is 1. The lowest BCUT2D eigenvalue weighted by Gasteiger charge is -2.36. The number of hydrogen-bond acceptors (Lipinski definition) is 6. The first kappa shape index (κ1) is 25.2. The van der Waals surface area contributed by atoms with Crippen molar-refractivity contribution in [3.05, 3.63) is 82.7 Å². The second-order valence-electron chi connectivity index (χ2n) is 9.00. The molecule has 3 aromatic rings. The zero-order valence-corrected chi connectivity index (χ0v) is 21.8. The summed E-state index contributed by atoms with van der Waals surface area (Å²) in [6.07, 6.45) is 3.07. The Hall–Kier alpha value is -2.90. The monoisotopic (exact) mass is 489 g/mol. The lowest BCUT2D eigenvalue weighted by atomic mass is 10.1. The molecule has 0 radical (unpaired) electrons. The molecular formula is C28H35N5OS. The highest BCUT2D eigenvalue weighted by Crippen LogP contribution is 2.19. The molecule has 1 aliphatic heterocycles. The molecular weight excluding hydrogens is 454 g/mol. The van der Waals surface area contributed by atoms with E-state index in [2.05, 4.69) is 79.7 Å². The number of anilines is 1. The molecule has 1 N–H and O–H groups in total. The van der Waals surface area contributed by atoms with Crippen molar-refractivity contribution in [2.45, 2.75) is 44.9 Å². The minimum atomic E-state index is 0.0593. The van der Waals surface area contributed by atoms with Crippen molar-refractivity contribution < 1.29 is 4.79 Å². The van der Waals surface area contributed by atoms with Gasteiger partial charge in [0.2, 0.25) is 5.91 Å². The summed E-state index contributed by atoms with van der Waals surface area (Å²) < 4.78 is 0. The van der Waals surface area contributed by atoms with Crippen LogP contribution in [0.4, 0.5) is 5.69 Å². The van der Waals surface area contributed by atoms with Crippen LogP contribution in [0.1, 0.15) is 34.5 Å². The molecule has 1 amide bonds. The Morgan fingerprint density at radius 3 is 2.20 bits per heavy atom. The Kier molecular flexibility index (Phi) is 8.77. The molecule has 184 valence electrons. The molecule has 2 aromatic carbocycles. The van der Waals surface area contributed by atoms with Gasteiger partial charge in [0.25, 0.3) is 0 Å². The van der Waals surface area contributed by atoms with E-state index in [-0.39, 0.29) is 5.91 Å². The van der Waals surface area contributed by atoms with Gasteiger partial charge < -0.3 is 10.2 Å². The molecule has 6 nitrogen and oxygen atoms in total. The Balaban J connectivity index is 1.28. The lowest BCUT2D eigenvalue weighted by molar-refractivity contribution is -0.121. The maximum absolute atomic E-state index is 12.6. The summed E-state index contributed by atoms with van der Waals surface area (Å²) in [6.45, 7) is 9.59. The maximum atomic E-state index is 12.6. The van der Waals surface area contributed by atoms with E-state index < -0.39 is 0 Å². The summed E-state index contributed by atoms with van der Waals surface area (Å²) in [5.74, 6) is 0.0593. The summed E-state index contributed by atoms with van der Waals surface area (Å²) in [7, 11) is 0. The SMILES string of the molecule is CSc1nc(C)c(CCC(=O)NCc2ccccc2CN2CCN(c3ccccc3)CC2)c(C)n1. The maximum Gasteiger partial charge on any atom is 0.220 e. The molecule has 0 bridgehead atoms. The first-order valence-electron chi connectivity index (χ1n) is 12.3. The molecule has 0 spiro atoms. The molecule has 1 aliphatic rings. The Morgan fingerprint density at radius 1 is 0.914 bits per heavy atom. The van der Waals surface area contributed by atoms with Gasteiger partial charge in [0.1, 0.15) is 0 Å². The highest BCUT2D eigenvalue weighted by atomic mass is 32.2. The second-order valence-corrected chi connectivity index (χ2v) is 9.78. The van der Waals surface area contributed by atoms with Gasteiger partial charge in [-0.1, -0.05) is 54.2 Å². The van der Waals surface area contributed by atoms with E-state index in [1.54, 1.807) is 11.8 Å². The van der Waals surface area contributed by atoms with E-state index in [9.17, 15) is 4.79 Å². The van der Waals surface area contributed by atoms with Gasteiger partial charge in [-0.25, -0.2) is 9.97 Å². The van der Waals surface area contributed by atoms with Gasteiger partial charge in [0, 0.05) is 62.8 Å². The first-order valence-corrected chi connectivity index (χ1v) is 13.5. The molecule has 4 rings (SSSR count). The fraction of sp³-hybridized carbons (Fsp3) is 0.393. The van der Waals surface area contributed by atoms with Crippen LogP contribution in [0, 0.1) is 13.8 Å². The van der Waals surface area contributed by atoms with Crippen molar-refractivity contribution in [3.8, 4) is 0 Å². The molecule has 0 atom stereocenters. The summed E-state index contributed by atoms with van der Waals surface area (Å²) in [4.78, 5) is 26.6. The molecule has 2 heterocycles. The van der Waals surface area contributed by atoms with Gasteiger partial charge in [-0.15, -0.1) is 0 Å². The minimum Gasteiger partial charge on any atom is -0.369 e. The average Bonchev–Trinajstić information content (AvgIpc) is 2.88. The van der Waals surface area contributed by atoms with Gasteiger partial charge in [0.15, 0.2) is 5.16 Å². The standard InChI is InChI=1S/C28H35N5OS/c1-21-26(22(2)31-28(30-21)35-3)13-14-27(34)29-19-23-9-7-8-10-24(23)20-32-15-17-33(18-16-32)25-11-5-4-6-12-25/h4-12H,13-20H2,1-3H3,(H,29,34).